The predicted molar refractivity (Wildman–Crippen MR) is 95.5 cm³/mol. The number of nitrogens with zero attached hydrogens (tertiary/aromatic N) is 1. The fraction of sp³-hybridized carbons (Fsp3) is 0.278. The van der Waals surface area contributed by atoms with E-state index in [1.165, 1.54) is 0 Å². The third-order valence-electron chi connectivity index (χ3n) is 3.58. The quantitative estimate of drug-likeness (QED) is 0.784. The Morgan fingerprint density at radius 1 is 1.17 bits per heavy atom. The molecule has 0 aliphatic heterocycles. The van der Waals surface area contributed by atoms with Crippen LogP contribution in [0.25, 0.3) is 0 Å². The largest absolute Gasteiger partial charge is 0.497 e. The van der Waals surface area contributed by atoms with Crippen molar-refractivity contribution in [1.82, 2.24) is 4.90 Å². The summed E-state index contributed by atoms with van der Waals surface area (Å²) < 4.78 is 11.4. The molecule has 0 saturated carbocycles. The molecule has 0 radical (unpaired) electrons. The molecular formula is C18H20BrNO4. The third kappa shape index (κ3) is 4.49. The van der Waals surface area contributed by atoms with Gasteiger partial charge in [0.15, 0.2) is 0 Å². The smallest absolute Gasteiger partial charge is 0.254 e. The Morgan fingerprint density at radius 3 is 2.58 bits per heavy atom. The minimum Gasteiger partial charge on any atom is -0.497 e. The van der Waals surface area contributed by atoms with Crippen LogP contribution in [0.1, 0.15) is 15.9 Å². The van der Waals surface area contributed by atoms with E-state index in [0.717, 1.165) is 10.0 Å². The van der Waals surface area contributed by atoms with Crippen LogP contribution in [0.2, 0.25) is 0 Å². The maximum atomic E-state index is 12.8. The molecule has 2 aromatic rings. The van der Waals surface area contributed by atoms with Crippen molar-refractivity contribution in [3.05, 3.63) is 58.1 Å². The number of carbonyl (C=O) groups excluding carboxylic acids is 1. The van der Waals surface area contributed by atoms with E-state index in [1.54, 1.807) is 49.5 Å². The van der Waals surface area contributed by atoms with Crippen molar-refractivity contribution in [2.24, 2.45) is 0 Å². The first kappa shape index (κ1) is 18.3. The standard InChI is InChI=1S/C18H20BrNO4/c1-23-16-6-7-17(24-2)14(11-16)12-20(8-9-21)18(22)13-4-3-5-15(19)10-13/h3-7,10-11,21H,8-9,12H2,1-2H3. The molecule has 0 unspecified atom stereocenters. The van der Waals surface area contributed by atoms with Crippen LogP contribution in [0, 0.1) is 0 Å². The molecule has 24 heavy (non-hydrogen) atoms. The number of rotatable bonds is 7. The average Bonchev–Trinajstić information content (AvgIpc) is 2.60. The first-order valence-corrected chi connectivity index (χ1v) is 8.25. The van der Waals surface area contributed by atoms with Gasteiger partial charge < -0.3 is 19.5 Å². The summed E-state index contributed by atoms with van der Waals surface area (Å²) in [5.74, 6) is 1.20. The molecular weight excluding hydrogens is 374 g/mol. The summed E-state index contributed by atoms with van der Waals surface area (Å²) in [5, 5.41) is 9.33. The first-order valence-electron chi connectivity index (χ1n) is 7.45. The van der Waals surface area contributed by atoms with Crippen molar-refractivity contribution in [3.8, 4) is 11.5 Å². The zero-order valence-corrected chi connectivity index (χ0v) is 15.2. The number of aliphatic hydroxyl groups is 1. The van der Waals surface area contributed by atoms with E-state index in [1.807, 2.05) is 12.1 Å². The molecule has 1 N–H and O–H groups in total. The van der Waals surface area contributed by atoms with Crippen LogP contribution in [0.4, 0.5) is 0 Å². The lowest BCUT2D eigenvalue weighted by molar-refractivity contribution is 0.0706. The summed E-state index contributed by atoms with van der Waals surface area (Å²) in [6.07, 6.45) is 0. The van der Waals surface area contributed by atoms with Crippen LogP contribution in [-0.2, 0) is 6.54 Å². The summed E-state index contributed by atoms with van der Waals surface area (Å²) in [5.41, 5.74) is 1.37. The monoisotopic (exact) mass is 393 g/mol. The summed E-state index contributed by atoms with van der Waals surface area (Å²) in [6, 6.07) is 12.6. The lowest BCUT2D eigenvalue weighted by Gasteiger charge is -2.23. The van der Waals surface area contributed by atoms with Crippen molar-refractivity contribution in [1.29, 1.82) is 0 Å². The second-order valence-electron chi connectivity index (χ2n) is 5.14. The summed E-state index contributed by atoms with van der Waals surface area (Å²) >= 11 is 3.37. The number of ether oxygens (including phenoxy) is 2. The highest BCUT2D eigenvalue weighted by molar-refractivity contribution is 9.10. The Balaban J connectivity index is 2.30. The molecule has 1 amide bonds. The first-order chi connectivity index (χ1) is 11.6. The highest BCUT2D eigenvalue weighted by Crippen LogP contribution is 2.26. The minimum atomic E-state index is -0.157. The van der Waals surface area contributed by atoms with Gasteiger partial charge in [-0.15, -0.1) is 0 Å². The molecule has 6 heteroatoms. The molecule has 5 nitrogen and oxygen atoms in total. The zero-order valence-electron chi connectivity index (χ0n) is 13.7. The fourth-order valence-electron chi connectivity index (χ4n) is 2.39. The lowest BCUT2D eigenvalue weighted by atomic mass is 10.1. The average molecular weight is 394 g/mol. The number of benzene rings is 2. The van der Waals surface area contributed by atoms with Crippen LogP contribution >= 0.6 is 15.9 Å². The van der Waals surface area contributed by atoms with Crippen molar-refractivity contribution < 1.29 is 19.4 Å². The molecule has 0 spiro atoms. The highest BCUT2D eigenvalue weighted by atomic mass is 79.9. The Hall–Kier alpha value is -2.05. The SMILES string of the molecule is COc1ccc(OC)c(CN(CCO)C(=O)c2cccc(Br)c2)c1. The molecule has 0 fully saturated rings. The fourth-order valence-corrected chi connectivity index (χ4v) is 2.79. The molecule has 2 aromatic carbocycles. The van der Waals surface area contributed by atoms with E-state index in [0.29, 0.717) is 23.6 Å². The molecule has 128 valence electrons. The van der Waals surface area contributed by atoms with Gasteiger partial charge in [0.25, 0.3) is 5.91 Å². The number of amides is 1. The predicted octanol–water partition coefficient (Wildman–Crippen LogP) is 3.10. The second-order valence-corrected chi connectivity index (χ2v) is 6.05. The summed E-state index contributed by atoms with van der Waals surface area (Å²) in [4.78, 5) is 14.3. The zero-order chi connectivity index (χ0) is 17.5. The number of methoxy groups -OCH3 is 2. The summed E-state index contributed by atoms with van der Waals surface area (Å²) in [7, 11) is 3.17. The van der Waals surface area contributed by atoms with Crippen molar-refractivity contribution in [2.45, 2.75) is 6.54 Å². The van der Waals surface area contributed by atoms with Crippen LogP contribution in [0.3, 0.4) is 0 Å². The molecule has 0 bridgehead atoms. The number of carbonyl (C=O) groups is 1. The van der Waals surface area contributed by atoms with Gasteiger partial charge in [0, 0.05) is 28.7 Å². The normalized spacial score (nSPS) is 10.3. The van der Waals surface area contributed by atoms with Crippen molar-refractivity contribution in [3.63, 3.8) is 0 Å². The molecule has 0 saturated heterocycles. The van der Waals surface area contributed by atoms with Gasteiger partial charge in [0.1, 0.15) is 11.5 Å². The van der Waals surface area contributed by atoms with Crippen LogP contribution in [-0.4, -0.2) is 43.3 Å². The van der Waals surface area contributed by atoms with E-state index >= 15 is 0 Å². The Kier molecular flexibility index (Phi) is 6.63. The van der Waals surface area contributed by atoms with Gasteiger partial charge in [-0.2, -0.15) is 0 Å². The molecule has 0 aliphatic rings. The Morgan fingerprint density at radius 2 is 1.96 bits per heavy atom. The molecule has 0 aliphatic carbocycles. The minimum absolute atomic E-state index is 0.119. The Labute approximate surface area is 149 Å². The third-order valence-corrected chi connectivity index (χ3v) is 4.07. The van der Waals surface area contributed by atoms with Gasteiger partial charge in [0.05, 0.1) is 20.8 Å². The van der Waals surface area contributed by atoms with Crippen LogP contribution in [0.15, 0.2) is 46.9 Å². The Bertz CT molecular complexity index is 705. The number of hydrogen-bond acceptors (Lipinski definition) is 4. The van der Waals surface area contributed by atoms with E-state index in [4.69, 9.17) is 9.47 Å². The highest BCUT2D eigenvalue weighted by Gasteiger charge is 2.18. The molecule has 0 aromatic heterocycles. The summed E-state index contributed by atoms with van der Waals surface area (Å²) in [6.45, 7) is 0.421. The van der Waals surface area contributed by atoms with E-state index < -0.39 is 0 Å². The van der Waals surface area contributed by atoms with Gasteiger partial charge in [-0.1, -0.05) is 22.0 Å². The maximum Gasteiger partial charge on any atom is 0.254 e. The van der Waals surface area contributed by atoms with Crippen molar-refractivity contribution in [2.75, 3.05) is 27.4 Å². The van der Waals surface area contributed by atoms with Gasteiger partial charge in [-0.05, 0) is 36.4 Å². The van der Waals surface area contributed by atoms with Crippen LogP contribution in [0.5, 0.6) is 11.5 Å². The van der Waals surface area contributed by atoms with Gasteiger partial charge in [-0.25, -0.2) is 0 Å². The number of halogens is 1. The molecule has 0 heterocycles. The van der Waals surface area contributed by atoms with Crippen molar-refractivity contribution >= 4 is 21.8 Å². The lowest BCUT2D eigenvalue weighted by Crippen LogP contribution is -2.33. The van der Waals surface area contributed by atoms with E-state index in [-0.39, 0.29) is 19.1 Å². The second kappa shape index (κ2) is 8.70. The van der Waals surface area contributed by atoms with Gasteiger partial charge in [0.2, 0.25) is 0 Å². The van der Waals surface area contributed by atoms with Gasteiger partial charge in [-0.3, -0.25) is 4.79 Å². The van der Waals surface area contributed by atoms with Crippen LogP contribution < -0.4 is 9.47 Å². The number of hydrogen-bond donors (Lipinski definition) is 1. The number of aliphatic hydroxyl groups excluding tert-OH is 1. The molecule has 2 rings (SSSR count). The topological polar surface area (TPSA) is 59.0 Å². The van der Waals surface area contributed by atoms with E-state index in [2.05, 4.69) is 15.9 Å². The van der Waals surface area contributed by atoms with E-state index in [9.17, 15) is 9.90 Å². The molecule has 0 atom stereocenters. The van der Waals surface area contributed by atoms with Gasteiger partial charge >= 0.3 is 0 Å². The maximum absolute atomic E-state index is 12.8.